The van der Waals surface area contributed by atoms with Crippen molar-refractivity contribution in [3.8, 4) is 16.1 Å². The highest BCUT2D eigenvalue weighted by molar-refractivity contribution is 7.15. The van der Waals surface area contributed by atoms with Gasteiger partial charge in [-0.1, -0.05) is 12.1 Å². The Morgan fingerprint density at radius 3 is 1.36 bits per heavy atom. The average Bonchev–Trinajstić information content (AvgIpc) is 3.40. The van der Waals surface area contributed by atoms with Gasteiger partial charge in [0.15, 0.2) is 0 Å². The highest BCUT2D eigenvalue weighted by atomic mass is 32.1. The van der Waals surface area contributed by atoms with Crippen LogP contribution in [-0.2, 0) is 0 Å². The number of aryl methyl sites for hydroxylation is 5. The fraction of sp³-hybridized carbons (Fsp3) is 0.290. The standard InChI is InChI=1S/C31H33NS/c1-16-10-15-27(33-16)25-11-13-26(14-12-25)32-30-23(8)19(4)17(2)21(6)28(30)29-22(7)18(3)20(5)24(9)31(29)32/h10-15H,1-9H3. The predicted octanol–water partition coefficient (Wildman–Crippen LogP) is 9.29. The maximum Gasteiger partial charge on any atom is 0.0575 e. The lowest BCUT2D eigenvalue weighted by atomic mass is 9.90. The number of hydrogen-bond donors (Lipinski definition) is 0. The van der Waals surface area contributed by atoms with E-state index in [2.05, 4.69) is 103 Å². The zero-order valence-corrected chi connectivity index (χ0v) is 22.1. The molecule has 0 radical (unpaired) electrons. The maximum absolute atomic E-state index is 2.54. The van der Waals surface area contributed by atoms with Crippen molar-refractivity contribution in [3.05, 3.63) is 85.8 Å². The van der Waals surface area contributed by atoms with Gasteiger partial charge in [0.2, 0.25) is 0 Å². The fourth-order valence-electron chi connectivity index (χ4n) is 5.49. The zero-order chi connectivity index (χ0) is 23.8. The third-order valence-electron chi connectivity index (χ3n) is 8.16. The molecule has 0 aliphatic rings. The van der Waals surface area contributed by atoms with Crippen molar-refractivity contribution in [2.24, 2.45) is 0 Å². The van der Waals surface area contributed by atoms with E-state index in [1.807, 2.05) is 11.3 Å². The first kappa shape index (κ1) is 22.0. The highest BCUT2D eigenvalue weighted by Crippen LogP contribution is 2.43. The van der Waals surface area contributed by atoms with Crippen molar-refractivity contribution in [1.82, 2.24) is 4.57 Å². The van der Waals surface area contributed by atoms with E-state index in [0.717, 1.165) is 0 Å². The summed E-state index contributed by atoms with van der Waals surface area (Å²) in [5, 5.41) is 2.85. The molecule has 2 heteroatoms. The molecule has 0 unspecified atom stereocenters. The van der Waals surface area contributed by atoms with E-state index in [9.17, 15) is 0 Å². The molecule has 5 rings (SSSR count). The van der Waals surface area contributed by atoms with E-state index in [0.29, 0.717) is 0 Å². The minimum absolute atomic E-state index is 1.24. The summed E-state index contributed by atoms with van der Waals surface area (Å²) in [7, 11) is 0. The summed E-state index contributed by atoms with van der Waals surface area (Å²) in [5.74, 6) is 0. The summed E-state index contributed by atoms with van der Waals surface area (Å²) >= 11 is 1.86. The number of rotatable bonds is 2. The molecule has 0 saturated carbocycles. The highest BCUT2D eigenvalue weighted by Gasteiger charge is 2.23. The Kier molecular flexibility index (Phi) is 5.06. The summed E-state index contributed by atoms with van der Waals surface area (Å²) in [5.41, 5.74) is 16.5. The molecular formula is C31H33NS. The lowest BCUT2D eigenvalue weighted by Gasteiger charge is -2.16. The minimum Gasteiger partial charge on any atom is -0.309 e. The third-order valence-corrected chi connectivity index (χ3v) is 9.21. The molecule has 3 aromatic carbocycles. The molecule has 168 valence electrons. The smallest absolute Gasteiger partial charge is 0.0575 e. The molecule has 0 fully saturated rings. The van der Waals surface area contributed by atoms with Gasteiger partial charge in [-0.15, -0.1) is 11.3 Å². The minimum atomic E-state index is 1.24. The van der Waals surface area contributed by atoms with Crippen LogP contribution in [0.25, 0.3) is 37.9 Å². The Morgan fingerprint density at radius 2 is 0.939 bits per heavy atom. The molecule has 0 N–H and O–H groups in total. The van der Waals surface area contributed by atoms with E-state index in [1.54, 1.807) is 0 Å². The van der Waals surface area contributed by atoms with E-state index < -0.39 is 0 Å². The Labute approximate surface area is 201 Å². The second kappa shape index (κ2) is 7.60. The van der Waals surface area contributed by atoms with Crippen molar-refractivity contribution >= 4 is 33.1 Å². The van der Waals surface area contributed by atoms with E-state index in [1.165, 1.54) is 87.3 Å². The van der Waals surface area contributed by atoms with E-state index in [4.69, 9.17) is 0 Å². The molecule has 2 heterocycles. The van der Waals surface area contributed by atoms with Gasteiger partial charge in [0.05, 0.1) is 11.0 Å². The van der Waals surface area contributed by atoms with Gasteiger partial charge in [-0.25, -0.2) is 0 Å². The summed E-state index contributed by atoms with van der Waals surface area (Å²) in [4.78, 5) is 2.68. The van der Waals surface area contributed by atoms with Crippen molar-refractivity contribution in [2.75, 3.05) is 0 Å². The number of aromatic nitrogens is 1. The van der Waals surface area contributed by atoms with Gasteiger partial charge in [0.25, 0.3) is 0 Å². The van der Waals surface area contributed by atoms with Crippen LogP contribution in [0.3, 0.4) is 0 Å². The molecule has 1 nitrogen and oxygen atoms in total. The SMILES string of the molecule is Cc1ccc(-c2ccc(-n3c4c(C)c(C)c(C)c(C)c4c4c(C)c(C)c(C)c(C)c43)cc2)s1. The monoisotopic (exact) mass is 451 g/mol. The van der Waals surface area contributed by atoms with Crippen LogP contribution in [-0.4, -0.2) is 4.57 Å². The van der Waals surface area contributed by atoms with Crippen LogP contribution < -0.4 is 0 Å². The van der Waals surface area contributed by atoms with Crippen LogP contribution in [0.4, 0.5) is 0 Å². The Balaban J connectivity index is 1.94. The first-order chi connectivity index (χ1) is 15.6. The number of hydrogen-bond acceptors (Lipinski definition) is 1. The fourth-order valence-corrected chi connectivity index (χ4v) is 6.36. The molecule has 0 amide bonds. The van der Waals surface area contributed by atoms with Crippen molar-refractivity contribution < 1.29 is 0 Å². The molecule has 0 bridgehead atoms. The number of fused-ring (bicyclic) bond motifs is 3. The summed E-state index contributed by atoms with van der Waals surface area (Å²) in [6.07, 6.45) is 0. The van der Waals surface area contributed by atoms with Crippen LogP contribution in [0.2, 0.25) is 0 Å². The van der Waals surface area contributed by atoms with Gasteiger partial charge >= 0.3 is 0 Å². The molecule has 0 saturated heterocycles. The predicted molar refractivity (Wildman–Crippen MR) is 147 cm³/mol. The van der Waals surface area contributed by atoms with Crippen LogP contribution >= 0.6 is 11.3 Å². The Hall–Kier alpha value is -2.84. The molecule has 0 aliphatic heterocycles. The quantitative estimate of drug-likeness (QED) is 0.252. The van der Waals surface area contributed by atoms with E-state index in [-0.39, 0.29) is 0 Å². The molecule has 0 aliphatic carbocycles. The van der Waals surface area contributed by atoms with Gasteiger partial charge in [0, 0.05) is 26.2 Å². The molecule has 33 heavy (non-hydrogen) atoms. The lowest BCUT2D eigenvalue weighted by molar-refractivity contribution is 1.13. The normalized spacial score (nSPS) is 11.8. The third kappa shape index (κ3) is 3.04. The maximum atomic E-state index is 2.54. The van der Waals surface area contributed by atoms with Gasteiger partial charge in [-0.3, -0.25) is 0 Å². The molecule has 0 spiro atoms. The van der Waals surface area contributed by atoms with Crippen molar-refractivity contribution in [1.29, 1.82) is 0 Å². The van der Waals surface area contributed by atoms with Gasteiger partial charge in [0.1, 0.15) is 0 Å². The summed E-state index contributed by atoms with van der Waals surface area (Å²) < 4.78 is 2.54. The topological polar surface area (TPSA) is 4.93 Å². The lowest BCUT2D eigenvalue weighted by Crippen LogP contribution is -2.01. The van der Waals surface area contributed by atoms with Crippen molar-refractivity contribution in [2.45, 2.75) is 62.3 Å². The van der Waals surface area contributed by atoms with Crippen LogP contribution in [0, 0.1) is 62.3 Å². The van der Waals surface area contributed by atoms with Crippen LogP contribution in [0.1, 0.15) is 49.4 Å². The van der Waals surface area contributed by atoms with Gasteiger partial charge in [-0.05, 0) is 137 Å². The second-order valence-electron chi connectivity index (χ2n) is 9.74. The van der Waals surface area contributed by atoms with Crippen LogP contribution in [0.5, 0.6) is 0 Å². The summed E-state index contributed by atoms with van der Waals surface area (Å²) in [6.45, 7) is 20.5. The number of benzene rings is 3. The zero-order valence-electron chi connectivity index (χ0n) is 21.3. The van der Waals surface area contributed by atoms with Gasteiger partial charge < -0.3 is 4.57 Å². The average molecular weight is 452 g/mol. The number of thiophene rings is 1. The number of nitrogens with zero attached hydrogens (tertiary/aromatic N) is 1. The largest absolute Gasteiger partial charge is 0.309 e. The van der Waals surface area contributed by atoms with Crippen molar-refractivity contribution in [3.63, 3.8) is 0 Å². The first-order valence-electron chi connectivity index (χ1n) is 11.8. The first-order valence-corrected chi connectivity index (χ1v) is 12.6. The molecule has 2 aromatic heterocycles. The second-order valence-corrected chi connectivity index (χ2v) is 11.0. The molecule has 0 atom stereocenters. The molecular weight excluding hydrogens is 418 g/mol. The van der Waals surface area contributed by atoms with E-state index >= 15 is 0 Å². The van der Waals surface area contributed by atoms with Crippen LogP contribution in [0.15, 0.2) is 36.4 Å². The Bertz CT molecular complexity index is 1500. The summed E-state index contributed by atoms with van der Waals surface area (Å²) in [6, 6.07) is 13.6. The van der Waals surface area contributed by atoms with Gasteiger partial charge in [-0.2, -0.15) is 0 Å². The molecule has 5 aromatic rings. The Morgan fingerprint density at radius 1 is 0.485 bits per heavy atom.